The summed E-state index contributed by atoms with van der Waals surface area (Å²) in [6.07, 6.45) is 1.62. The molecule has 0 aliphatic carbocycles. The first kappa shape index (κ1) is 14.7. The quantitative estimate of drug-likeness (QED) is 0.517. The Kier molecular flexibility index (Phi) is 3.75. The lowest BCUT2D eigenvalue weighted by Gasteiger charge is -2.05. The third-order valence-corrected chi connectivity index (χ3v) is 3.20. The van der Waals surface area contributed by atoms with Crippen molar-refractivity contribution in [3.63, 3.8) is 0 Å². The molecule has 23 heavy (non-hydrogen) atoms. The van der Waals surface area contributed by atoms with Gasteiger partial charge in [-0.2, -0.15) is 0 Å². The Morgan fingerprint density at radius 3 is 2.87 bits per heavy atom. The minimum Gasteiger partial charge on any atom is -0.484 e. The topological polar surface area (TPSA) is 105 Å². The van der Waals surface area contributed by atoms with E-state index in [1.165, 1.54) is 15.1 Å². The summed E-state index contributed by atoms with van der Waals surface area (Å²) in [5, 5.41) is 15.1. The number of fused-ring (bicyclic) bond motifs is 1. The van der Waals surface area contributed by atoms with Gasteiger partial charge in [-0.25, -0.2) is 9.48 Å². The van der Waals surface area contributed by atoms with Crippen LogP contribution < -0.4 is 10.4 Å². The van der Waals surface area contributed by atoms with Crippen molar-refractivity contribution in [2.24, 2.45) is 0 Å². The molecule has 0 amide bonds. The van der Waals surface area contributed by atoms with E-state index in [1.54, 1.807) is 37.4 Å². The fourth-order valence-electron chi connectivity index (χ4n) is 2.13. The van der Waals surface area contributed by atoms with Crippen LogP contribution in [0.2, 0.25) is 0 Å². The Balaban J connectivity index is 1.75. The molecule has 118 valence electrons. The molecule has 3 aromatic heterocycles. The molecule has 0 radical (unpaired) electrons. The summed E-state index contributed by atoms with van der Waals surface area (Å²) >= 11 is 0. The van der Waals surface area contributed by atoms with Gasteiger partial charge < -0.3 is 14.9 Å². The maximum absolute atomic E-state index is 12.1. The summed E-state index contributed by atoms with van der Waals surface area (Å²) in [5.74, 6) is -0.273. The van der Waals surface area contributed by atoms with E-state index >= 15 is 0 Å². The van der Waals surface area contributed by atoms with E-state index in [0.717, 1.165) is 0 Å². The first-order valence-electron chi connectivity index (χ1n) is 6.85. The summed E-state index contributed by atoms with van der Waals surface area (Å²) in [4.78, 5) is 26.3. The lowest BCUT2D eigenvalue weighted by Crippen LogP contribution is -2.24. The third-order valence-electron chi connectivity index (χ3n) is 3.20. The summed E-state index contributed by atoms with van der Waals surface area (Å²) < 4.78 is 8.06. The molecule has 3 heterocycles. The molecule has 0 aliphatic rings. The molecule has 0 saturated carbocycles. The lowest BCUT2D eigenvalue weighted by atomic mass is 10.3. The molecular formula is C14H13N5O4. The van der Waals surface area contributed by atoms with Gasteiger partial charge in [-0.3, -0.25) is 4.40 Å². The summed E-state index contributed by atoms with van der Waals surface area (Å²) in [7, 11) is 0. The van der Waals surface area contributed by atoms with Gasteiger partial charge in [-0.1, -0.05) is 6.07 Å². The van der Waals surface area contributed by atoms with Crippen LogP contribution in [0.4, 0.5) is 5.82 Å². The summed E-state index contributed by atoms with van der Waals surface area (Å²) in [5.41, 5.74) is 0.766. The number of hydrogen-bond acceptors (Lipinski definition) is 6. The molecule has 0 bridgehead atoms. The zero-order valence-electron chi connectivity index (χ0n) is 12.2. The second kappa shape index (κ2) is 5.87. The van der Waals surface area contributed by atoms with Gasteiger partial charge in [0.05, 0.1) is 6.54 Å². The maximum atomic E-state index is 12.1. The van der Waals surface area contributed by atoms with Crippen LogP contribution in [0.25, 0.3) is 5.65 Å². The van der Waals surface area contributed by atoms with Crippen molar-refractivity contribution >= 4 is 11.5 Å². The molecule has 0 atom stereocenters. The highest BCUT2D eigenvalue weighted by Crippen LogP contribution is 2.24. The van der Waals surface area contributed by atoms with Gasteiger partial charge >= 0.3 is 11.5 Å². The highest BCUT2D eigenvalue weighted by atomic mass is 16.6. The zero-order chi connectivity index (χ0) is 16.4. The van der Waals surface area contributed by atoms with Crippen LogP contribution >= 0.6 is 0 Å². The highest BCUT2D eigenvalue weighted by molar-refractivity contribution is 5.40. The van der Waals surface area contributed by atoms with Gasteiger partial charge in [-0.15, -0.1) is 5.10 Å². The van der Waals surface area contributed by atoms with E-state index in [9.17, 15) is 14.9 Å². The third kappa shape index (κ3) is 2.89. The molecular weight excluding hydrogens is 302 g/mol. The van der Waals surface area contributed by atoms with Crippen LogP contribution in [0.15, 0.2) is 41.3 Å². The van der Waals surface area contributed by atoms with Crippen molar-refractivity contribution in [3.05, 3.63) is 62.8 Å². The molecule has 3 aromatic rings. The van der Waals surface area contributed by atoms with Gasteiger partial charge in [0.15, 0.2) is 5.65 Å². The average Bonchev–Trinajstić information content (AvgIpc) is 2.85. The van der Waals surface area contributed by atoms with Crippen molar-refractivity contribution in [2.75, 3.05) is 6.61 Å². The number of nitrogens with zero attached hydrogens (tertiary/aromatic N) is 5. The molecule has 0 fully saturated rings. The fraction of sp³-hybridized carbons (Fsp3) is 0.214. The van der Waals surface area contributed by atoms with E-state index in [2.05, 4.69) is 10.1 Å². The normalized spacial score (nSPS) is 10.8. The Hall–Kier alpha value is -3.23. The van der Waals surface area contributed by atoms with E-state index in [0.29, 0.717) is 11.3 Å². The molecule has 9 heteroatoms. The number of nitro groups is 1. The Bertz CT molecular complexity index is 930. The Morgan fingerprint density at radius 1 is 1.30 bits per heavy atom. The Morgan fingerprint density at radius 2 is 2.13 bits per heavy atom. The van der Waals surface area contributed by atoms with Gasteiger partial charge in [0.2, 0.25) is 5.75 Å². The van der Waals surface area contributed by atoms with Crippen LogP contribution in [0.3, 0.4) is 0 Å². The van der Waals surface area contributed by atoms with Gasteiger partial charge in [0, 0.05) is 13.1 Å². The van der Waals surface area contributed by atoms with Crippen molar-refractivity contribution in [1.29, 1.82) is 0 Å². The first-order chi connectivity index (χ1) is 11.1. The number of aryl methyl sites for hydroxylation is 1. The first-order valence-corrected chi connectivity index (χ1v) is 6.85. The van der Waals surface area contributed by atoms with Crippen LogP contribution in [0.1, 0.15) is 5.69 Å². The summed E-state index contributed by atoms with van der Waals surface area (Å²) in [6, 6.07) is 8.35. The van der Waals surface area contributed by atoms with Crippen LogP contribution in [0.5, 0.6) is 5.75 Å². The van der Waals surface area contributed by atoms with Crippen molar-refractivity contribution in [3.8, 4) is 5.75 Å². The van der Waals surface area contributed by atoms with Crippen molar-refractivity contribution in [1.82, 2.24) is 19.2 Å². The minimum absolute atomic E-state index is 0.0649. The molecule has 0 spiro atoms. The minimum atomic E-state index is -0.598. The number of pyridine rings is 2. The smallest absolute Gasteiger partial charge is 0.406 e. The van der Waals surface area contributed by atoms with Crippen molar-refractivity contribution < 1.29 is 9.66 Å². The van der Waals surface area contributed by atoms with Crippen LogP contribution in [-0.4, -0.2) is 30.7 Å². The van der Waals surface area contributed by atoms with Crippen LogP contribution in [-0.2, 0) is 6.54 Å². The summed E-state index contributed by atoms with van der Waals surface area (Å²) in [6.45, 7) is 1.90. The van der Waals surface area contributed by atoms with E-state index in [-0.39, 0.29) is 30.4 Å². The fourth-order valence-corrected chi connectivity index (χ4v) is 2.13. The van der Waals surface area contributed by atoms with Crippen molar-refractivity contribution in [2.45, 2.75) is 13.5 Å². The number of ether oxygens (including phenoxy) is 1. The molecule has 0 unspecified atom stereocenters. The van der Waals surface area contributed by atoms with Gasteiger partial charge in [0.25, 0.3) is 0 Å². The highest BCUT2D eigenvalue weighted by Gasteiger charge is 2.17. The Labute approximate surface area is 129 Å². The maximum Gasteiger partial charge on any atom is 0.406 e. The number of rotatable bonds is 5. The van der Waals surface area contributed by atoms with Gasteiger partial charge in [-0.05, 0) is 34.2 Å². The predicted octanol–water partition coefficient (Wildman–Crippen LogP) is 1.19. The number of hydrogen-bond donors (Lipinski definition) is 0. The van der Waals surface area contributed by atoms with Crippen LogP contribution in [0, 0.1) is 17.0 Å². The molecule has 0 N–H and O–H groups in total. The molecule has 0 saturated heterocycles. The lowest BCUT2D eigenvalue weighted by molar-refractivity contribution is -0.390. The SMILES string of the molecule is Cc1ccc(OCCn2nc3ccccn3c2=O)c([N+](=O)[O-])n1. The average molecular weight is 315 g/mol. The molecule has 9 nitrogen and oxygen atoms in total. The molecule has 0 aliphatic heterocycles. The predicted molar refractivity (Wildman–Crippen MR) is 80.6 cm³/mol. The second-order valence-corrected chi connectivity index (χ2v) is 4.81. The molecule has 0 aromatic carbocycles. The standard InChI is InChI=1S/C14H13N5O4/c1-10-5-6-11(13(15-10)19(21)22)23-9-8-18-14(20)17-7-3-2-4-12(17)16-18/h2-7H,8-9H2,1H3. The number of aromatic nitrogens is 4. The second-order valence-electron chi connectivity index (χ2n) is 4.81. The van der Waals surface area contributed by atoms with E-state index in [1.807, 2.05) is 0 Å². The molecule has 3 rings (SSSR count). The largest absolute Gasteiger partial charge is 0.484 e. The van der Waals surface area contributed by atoms with E-state index < -0.39 is 4.92 Å². The zero-order valence-corrected chi connectivity index (χ0v) is 12.2. The van der Waals surface area contributed by atoms with E-state index in [4.69, 9.17) is 4.74 Å². The monoisotopic (exact) mass is 315 g/mol. The van der Waals surface area contributed by atoms with Gasteiger partial charge in [0.1, 0.15) is 12.3 Å².